The van der Waals surface area contributed by atoms with Gasteiger partial charge in [0.05, 0.1) is 34.8 Å². The third-order valence-corrected chi connectivity index (χ3v) is 5.85. The lowest BCUT2D eigenvalue weighted by Crippen LogP contribution is -2.48. The van der Waals surface area contributed by atoms with Gasteiger partial charge in [0.15, 0.2) is 0 Å². The van der Waals surface area contributed by atoms with Gasteiger partial charge in [-0.25, -0.2) is 12.8 Å². The number of benzene rings is 2. The van der Waals surface area contributed by atoms with Crippen molar-refractivity contribution in [3.8, 4) is 6.07 Å². The standard InChI is InChI=1S/C19H19FN4O3S/c1-28(26,27)24-10-8-23(9-11-24)18-5-3-2-4-17(18)22-19(25)15-7-6-14(13-21)12-16(15)20/h2-7,12H,8-11H2,1H3,(H,22,25). The van der Waals surface area contributed by atoms with E-state index in [2.05, 4.69) is 5.32 Å². The Balaban J connectivity index is 1.78. The SMILES string of the molecule is CS(=O)(=O)N1CCN(c2ccccc2NC(=O)c2ccc(C#N)cc2F)CC1. The first-order valence-corrected chi connectivity index (χ1v) is 10.4. The monoisotopic (exact) mass is 402 g/mol. The van der Waals surface area contributed by atoms with E-state index in [9.17, 15) is 17.6 Å². The molecule has 3 rings (SSSR count). The quantitative estimate of drug-likeness (QED) is 0.845. The van der Waals surface area contributed by atoms with Crippen LogP contribution in [0.3, 0.4) is 0 Å². The molecular weight excluding hydrogens is 383 g/mol. The van der Waals surface area contributed by atoms with Crippen LogP contribution >= 0.6 is 0 Å². The summed E-state index contributed by atoms with van der Waals surface area (Å²) in [4.78, 5) is 14.5. The van der Waals surface area contributed by atoms with Crippen LogP contribution in [0.1, 0.15) is 15.9 Å². The molecule has 0 aromatic heterocycles. The molecule has 28 heavy (non-hydrogen) atoms. The Morgan fingerprint density at radius 1 is 1.14 bits per heavy atom. The lowest BCUT2D eigenvalue weighted by molar-refractivity contribution is 0.102. The van der Waals surface area contributed by atoms with Crippen LogP contribution in [0.15, 0.2) is 42.5 Å². The van der Waals surface area contributed by atoms with Crippen LogP contribution in [-0.4, -0.2) is 51.1 Å². The van der Waals surface area contributed by atoms with E-state index < -0.39 is 21.7 Å². The topological polar surface area (TPSA) is 93.5 Å². The second-order valence-electron chi connectivity index (χ2n) is 6.43. The first-order chi connectivity index (χ1) is 13.3. The summed E-state index contributed by atoms with van der Waals surface area (Å²) in [7, 11) is -3.23. The second-order valence-corrected chi connectivity index (χ2v) is 8.41. The van der Waals surface area contributed by atoms with Crippen LogP contribution in [0.2, 0.25) is 0 Å². The third kappa shape index (κ3) is 4.30. The average molecular weight is 402 g/mol. The van der Waals surface area contributed by atoms with Gasteiger partial charge < -0.3 is 10.2 Å². The minimum atomic E-state index is -3.23. The number of hydrogen-bond acceptors (Lipinski definition) is 5. The van der Waals surface area contributed by atoms with Crippen molar-refractivity contribution in [1.29, 1.82) is 5.26 Å². The molecule has 0 bridgehead atoms. The molecule has 1 saturated heterocycles. The number of nitrogens with zero attached hydrogens (tertiary/aromatic N) is 3. The maximum absolute atomic E-state index is 14.1. The molecule has 7 nitrogen and oxygen atoms in total. The molecule has 1 aliphatic rings. The first kappa shape index (κ1) is 19.8. The number of carbonyl (C=O) groups is 1. The molecular formula is C19H19FN4O3S. The zero-order valence-corrected chi connectivity index (χ0v) is 16.0. The van der Waals surface area contributed by atoms with E-state index >= 15 is 0 Å². The predicted octanol–water partition coefficient (Wildman–Crippen LogP) is 2.03. The van der Waals surface area contributed by atoms with Gasteiger partial charge in [-0.3, -0.25) is 4.79 Å². The second kappa shape index (κ2) is 7.96. The lowest BCUT2D eigenvalue weighted by atomic mass is 10.1. The molecule has 1 aliphatic heterocycles. The van der Waals surface area contributed by atoms with Crippen LogP contribution < -0.4 is 10.2 Å². The highest BCUT2D eigenvalue weighted by Gasteiger charge is 2.25. The molecule has 146 valence electrons. The molecule has 1 N–H and O–H groups in total. The Morgan fingerprint density at radius 2 is 1.82 bits per heavy atom. The van der Waals surface area contributed by atoms with Crippen LogP contribution in [0, 0.1) is 17.1 Å². The van der Waals surface area contributed by atoms with Crippen molar-refractivity contribution in [3.63, 3.8) is 0 Å². The van der Waals surface area contributed by atoms with Crippen molar-refractivity contribution in [2.24, 2.45) is 0 Å². The largest absolute Gasteiger partial charge is 0.367 e. The molecule has 2 aromatic carbocycles. The van der Waals surface area contributed by atoms with Gasteiger partial charge in [0.25, 0.3) is 5.91 Å². The molecule has 1 heterocycles. The minimum absolute atomic E-state index is 0.137. The van der Waals surface area contributed by atoms with Gasteiger partial charge in [-0.1, -0.05) is 12.1 Å². The molecule has 0 spiro atoms. The fraction of sp³-hybridized carbons (Fsp3) is 0.263. The Labute approximate surface area is 163 Å². The van der Waals surface area contributed by atoms with Crippen molar-refractivity contribution < 1.29 is 17.6 Å². The first-order valence-electron chi connectivity index (χ1n) is 8.59. The number of para-hydroxylation sites is 2. The van der Waals surface area contributed by atoms with Gasteiger partial charge in [-0.05, 0) is 30.3 Å². The molecule has 1 amide bonds. The maximum atomic E-state index is 14.1. The normalized spacial score (nSPS) is 15.1. The molecule has 0 radical (unpaired) electrons. The molecule has 0 unspecified atom stereocenters. The van der Waals surface area contributed by atoms with E-state index in [4.69, 9.17) is 5.26 Å². The summed E-state index contributed by atoms with van der Waals surface area (Å²) < 4.78 is 38.9. The van der Waals surface area contributed by atoms with Crippen LogP contribution in [0.4, 0.5) is 15.8 Å². The van der Waals surface area contributed by atoms with Crippen LogP contribution in [0.25, 0.3) is 0 Å². The fourth-order valence-electron chi connectivity index (χ4n) is 3.07. The van der Waals surface area contributed by atoms with Crippen molar-refractivity contribution >= 4 is 27.3 Å². The number of piperazine rings is 1. The van der Waals surface area contributed by atoms with Crippen LogP contribution in [-0.2, 0) is 10.0 Å². The van der Waals surface area contributed by atoms with Crippen molar-refractivity contribution in [2.45, 2.75) is 0 Å². The molecule has 2 aromatic rings. The summed E-state index contributed by atoms with van der Waals surface area (Å²) in [6.45, 7) is 1.66. The Bertz CT molecular complexity index is 1040. The molecule has 0 atom stereocenters. The summed E-state index contributed by atoms with van der Waals surface area (Å²) in [6, 6.07) is 12.6. The average Bonchev–Trinajstić information content (AvgIpc) is 2.67. The van der Waals surface area contributed by atoms with E-state index in [1.165, 1.54) is 22.7 Å². The van der Waals surface area contributed by atoms with Crippen molar-refractivity contribution in [3.05, 3.63) is 59.4 Å². The zero-order chi connectivity index (χ0) is 20.3. The summed E-state index contributed by atoms with van der Waals surface area (Å²) in [5.74, 6) is -1.39. The Hall–Kier alpha value is -2.96. The van der Waals surface area contributed by atoms with Gasteiger partial charge in [-0.2, -0.15) is 9.57 Å². The van der Waals surface area contributed by atoms with Gasteiger partial charge in [-0.15, -0.1) is 0 Å². The molecule has 0 saturated carbocycles. The van der Waals surface area contributed by atoms with Gasteiger partial charge in [0.1, 0.15) is 5.82 Å². The summed E-state index contributed by atoms with van der Waals surface area (Å²) in [5, 5.41) is 11.5. The highest BCUT2D eigenvalue weighted by molar-refractivity contribution is 7.88. The van der Waals surface area contributed by atoms with E-state index in [-0.39, 0.29) is 11.1 Å². The summed E-state index contributed by atoms with van der Waals surface area (Å²) in [5.41, 5.74) is 1.22. The fourth-order valence-corrected chi connectivity index (χ4v) is 3.90. The number of carbonyl (C=O) groups excluding carboxylic acids is 1. The molecule has 0 aliphatic carbocycles. The zero-order valence-electron chi connectivity index (χ0n) is 15.2. The lowest BCUT2D eigenvalue weighted by Gasteiger charge is -2.35. The maximum Gasteiger partial charge on any atom is 0.258 e. The minimum Gasteiger partial charge on any atom is -0.367 e. The van der Waals surface area contributed by atoms with E-state index in [0.29, 0.717) is 31.9 Å². The van der Waals surface area contributed by atoms with E-state index in [0.717, 1.165) is 11.8 Å². The predicted molar refractivity (Wildman–Crippen MR) is 104 cm³/mol. The molecule has 9 heteroatoms. The number of hydrogen-bond donors (Lipinski definition) is 1. The van der Waals surface area contributed by atoms with Crippen LogP contribution in [0.5, 0.6) is 0 Å². The third-order valence-electron chi connectivity index (χ3n) is 4.54. The van der Waals surface area contributed by atoms with Crippen molar-refractivity contribution in [1.82, 2.24) is 4.31 Å². The number of anilines is 2. The summed E-state index contributed by atoms with van der Waals surface area (Å²) in [6.07, 6.45) is 1.18. The van der Waals surface area contributed by atoms with Gasteiger partial charge in [0.2, 0.25) is 10.0 Å². The van der Waals surface area contributed by atoms with Gasteiger partial charge >= 0.3 is 0 Å². The number of amides is 1. The van der Waals surface area contributed by atoms with Gasteiger partial charge in [0, 0.05) is 26.2 Å². The van der Waals surface area contributed by atoms with E-state index in [1.807, 2.05) is 23.1 Å². The number of halogens is 1. The Morgan fingerprint density at radius 3 is 2.43 bits per heavy atom. The number of sulfonamides is 1. The number of nitriles is 1. The summed E-state index contributed by atoms with van der Waals surface area (Å²) >= 11 is 0. The Kier molecular flexibility index (Phi) is 5.63. The van der Waals surface area contributed by atoms with E-state index in [1.54, 1.807) is 12.1 Å². The van der Waals surface area contributed by atoms with Crippen molar-refractivity contribution in [2.75, 3.05) is 42.7 Å². The number of nitrogens with one attached hydrogen (secondary N) is 1. The highest BCUT2D eigenvalue weighted by atomic mass is 32.2. The smallest absolute Gasteiger partial charge is 0.258 e. The highest BCUT2D eigenvalue weighted by Crippen LogP contribution is 2.27. The number of rotatable bonds is 4. The molecule has 1 fully saturated rings.